The Labute approximate surface area is 365 Å². The maximum Gasteiger partial charge on any atom is 0.0540 e. The molecule has 0 N–H and O–H groups in total. The van der Waals surface area contributed by atoms with Crippen molar-refractivity contribution in [2.24, 2.45) is 0 Å². The van der Waals surface area contributed by atoms with Gasteiger partial charge in [-0.3, -0.25) is 0 Å². The molecule has 12 aromatic rings. The molecular weight excluding hydrogens is 767 g/mol. The highest BCUT2D eigenvalue weighted by atomic mass is 32.1. The van der Waals surface area contributed by atoms with Gasteiger partial charge < -0.3 is 4.90 Å². The smallest absolute Gasteiger partial charge is 0.0540 e. The van der Waals surface area contributed by atoms with Crippen molar-refractivity contribution in [1.82, 2.24) is 0 Å². The third-order valence-electron chi connectivity index (χ3n) is 12.5. The van der Waals surface area contributed by atoms with Crippen molar-refractivity contribution in [2.45, 2.75) is 0 Å². The van der Waals surface area contributed by atoms with Crippen LogP contribution in [-0.4, -0.2) is 0 Å². The van der Waals surface area contributed by atoms with Crippen LogP contribution in [0.1, 0.15) is 0 Å². The SMILES string of the molecule is c1ccc(-c2ccc(N(c3ccc4c(c3)sc3ccccc34)c3ccccc3-c3ccc4c(c3)c(-c3ccccc3)c(-c3ccccc3)c3ccccc34)c3ccccc23)cc1. The molecule has 11 aromatic carbocycles. The first kappa shape index (κ1) is 36.1. The van der Waals surface area contributed by atoms with Gasteiger partial charge in [0.15, 0.2) is 0 Å². The Morgan fingerprint density at radius 3 is 1.53 bits per heavy atom. The lowest BCUT2D eigenvalue weighted by atomic mass is 9.84. The molecule has 0 fully saturated rings. The normalized spacial score (nSPS) is 11.5. The molecule has 1 nitrogen and oxygen atoms in total. The largest absolute Gasteiger partial charge is 0.309 e. The van der Waals surface area contributed by atoms with Gasteiger partial charge >= 0.3 is 0 Å². The summed E-state index contributed by atoms with van der Waals surface area (Å²) in [4.78, 5) is 2.49. The van der Waals surface area contributed by atoms with Crippen molar-refractivity contribution in [1.29, 1.82) is 0 Å². The van der Waals surface area contributed by atoms with Crippen LogP contribution in [0.5, 0.6) is 0 Å². The molecule has 62 heavy (non-hydrogen) atoms. The number of hydrogen-bond acceptors (Lipinski definition) is 2. The van der Waals surface area contributed by atoms with Crippen molar-refractivity contribution in [3.63, 3.8) is 0 Å². The van der Waals surface area contributed by atoms with Gasteiger partial charge in [-0.25, -0.2) is 0 Å². The predicted molar refractivity (Wildman–Crippen MR) is 268 cm³/mol. The Morgan fingerprint density at radius 2 is 0.790 bits per heavy atom. The van der Waals surface area contributed by atoms with E-state index in [2.05, 4.69) is 241 Å². The van der Waals surface area contributed by atoms with Crippen molar-refractivity contribution < 1.29 is 0 Å². The molecule has 0 aliphatic heterocycles. The summed E-state index contributed by atoms with van der Waals surface area (Å²) in [5, 5.41) is 10.00. The summed E-state index contributed by atoms with van der Waals surface area (Å²) >= 11 is 1.86. The summed E-state index contributed by atoms with van der Waals surface area (Å²) in [6.07, 6.45) is 0. The molecule has 0 radical (unpaired) electrons. The van der Waals surface area contributed by atoms with Gasteiger partial charge in [0.1, 0.15) is 0 Å². The molecule has 0 aliphatic carbocycles. The highest BCUT2D eigenvalue weighted by Gasteiger charge is 2.23. The second-order valence-electron chi connectivity index (χ2n) is 16.0. The molecule has 0 amide bonds. The number of rotatable bonds is 7. The van der Waals surface area contributed by atoms with E-state index in [0.29, 0.717) is 0 Å². The zero-order chi connectivity index (χ0) is 41.0. The molecule has 12 rings (SSSR count). The third kappa shape index (κ3) is 5.99. The van der Waals surface area contributed by atoms with Crippen molar-refractivity contribution >= 4 is 80.9 Å². The minimum absolute atomic E-state index is 1.12. The first-order chi connectivity index (χ1) is 30.8. The third-order valence-corrected chi connectivity index (χ3v) is 13.6. The highest BCUT2D eigenvalue weighted by Crippen LogP contribution is 2.49. The second-order valence-corrected chi connectivity index (χ2v) is 17.0. The minimum Gasteiger partial charge on any atom is -0.309 e. The maximum atomic E-state index is 2.49. The number of hydrogen-bond donors (Lipinski definition) is 0. The fourth-order valence-corrected chi connectivity index (χ4v) is 10.8. The van der Waals surface area contributed by atoms with E-state index in [-0.39, 0.29) is 0 Å². The summed E-state index contributed by atoms with van der Waals surface area (Å²) in [6, 6.07) is 86.8. The standard InChI is InChI=1S/C60H39NS/c1-4-18-40(19-5-1)45-36-37-56(50-27-12-10-25-47(45)50)61(44-33-35-52-51-28-15-17-31-57(51)62-58(52)39-44)55-30-16-14-24-46(55)43-32-34-49-48-26-11-13-29-53(48)59(41-20-6-2-7-21-41)60(54(49)38-43)42-22-8-3-9-23-42/h1-39H. The molecule has 0 unspecified atom stereocenters. The maximum absolute atomic E-state index is 2.49. The molecule has 0 aliphatic rings. The highest BCUT2D eigenvalue weighted by molar-refractivity contribution is 7.25. The zero-order valence-electron chi connectivity index (χ0n) is 33.9. The van der Waals surface area contributed by atoms with Crippen LogP contribution in [0.3, 0.4) is 0 Å². The Balaban J connectivity index is 1.14. The molecule has 2 heteroatoms. The average molecular weight is 806 g/mol. The van der Waals surface area contributed by atoms with Crippen molar-refractivity contribution in [3.05, 3.63) is 237 Å². The Hall–Kier alpha value is -7.78. The van der Waals surface area contributed by atoms with E-state index < -0.39 is 0 Å². The first-order valence-electron chi connectivity index (χ1n) is 21.3. The molecule has 1 heterocycles. The van der Waals surface area contributed by atoms with E-state index >= 15 is 0 Å². The number of anilines is 3. The fourth-order valence-electron chi connectivity index (χ4n) is 9.69. The number of para-hydroxylation sites is 1. The predicted octanol–water partition coefficient (Wildman–Crippen LogP) is 17.7. The van der Waals surface area contributed by atoms with Gasteiger partial charge in [0, 0.05) is 36.8 Å². The molecule has 1 aromatic heterocycles. The van der Waals surface area contributed by atoms with Gasteiger partial charge in [-0.05, 0) is 102 Å². The van der Waals surface area contributed by atoms with Crippen LogP contribution in [0.15, 0.2) is 237 Å². The summed E-state index contributed by atoms with van der Waals surface area (Å²) in [5.74, 6) is 0. The molecule has 0 atom stereocenters. The van der Waals surface area contributed by atoms with E-state index in [0.717, 1.165) is 28.2 Å². The van der Waals surface area contributed by atoms with E-state index in [4.69, 9.17) is 0 Å². The lowest BCUT2D eigenvalue weighted by Crippen LogP contribution is -2.12. The van der Waals surface area contributed by atoms with Crippen LogP contribution in [0.25, 0.3) is 97.0 Å². The van der Waals surface area contributed by atoms with Crippen molar-refractivity contribution in [3.8, 4) is 44.5 Å². The van der Waals surface area contributed by atoms with Crippen LogP contribution in [0.4, 0.5) is 17.1 Å². The number of nitrogens with zero attached hydrogens (tertiary/aromatic N) is 1. The first-order valence-corrected chi connectivity index (χ1v) is 22.1. The lowest BCUT2D eigenvalue weighted by Gasteiger charge is -2.30. The quantitative estimate of drug-likeness (QED) is 0.145. The molecular formula is C60H39NS. The molecule has 290 valence electrons. The van der Waals surface area contributed by atoms with E-state index in [9.17, 15) is 0 Å². The zero-order valence-corrected chi connectivity index (χ0v) is 34.7. The topological polar surface area (TPSA) is 3.24 Å². The van der Waals surface area contributed by atoms with Gasteiger partial charge in [-0.15, -0.1) is 11.3 Å². The van der Waals surface area contributed by atoms with E-state index in [1.54, 1.807) is 0 Å². The summed E-state index contributed by atoms with van der Waals surface area (Å²) in [5.41, 5.74) is 13.1. The lowest BCUT2D eigenvalue weighted by molar-refractivity contribution is 1.30. The summed E-state index contributed by atoms with van der Waals surface area (Å²) < 4.78 is 2.58. The average Bonchev–Trinajstić information content (AvgIpc) is 3.72. The second kappa shape index (κ2) is 15.0. The number of benzene rings is 11. The summed E-state index contributed by atoms with van der Waals surface area (Å²) in [7, 11) is 0. The monoisotopic (exact) mass is 805 g/mol. The molecule has 0 spiro atoms. The number of fused-ring (bicyclic) bond motifs is 7. The molecule has 0 bridgehead atoms. The van der Waals surface area contributed by atoms with Gasteiger partial charge in [-0.1, -0.05) is 200 Å². The van der Waals surface area contributed by atoms with E-state index in [1.165, 1.54) is 85.9 Å². The molecule has 0 saturated heterocycles. The van der Waals surface area contributed by atoms with Gasteiger partial charge in [0.2, 0.25) is 0 Å². The van der Waals surface area contributed by atoms with Crippen LogP contribution < -0.4 is 4.90 Å². The van der Waals surface area contributed by atoms with Gasteiger partial charge in [-0.2, -0.15) is 0 Å². The summed E-state index contributed by atoms with van der Waals surface area (Å²) in [6.45, 7) is 0. The fraction of sp³-hybridized carbons (Fsp3) is 0. The Bertz CT molecular complexity index is 3630. The van der Waals surface area contributed by atoms with Gasteiger partial charge in [0.25, 0.3) is 0 Å². The van der Waals surface area contributed by atoms with Crippen LogP contribution in [-0.2, 0) is 0 Å². The Morgan fingerprint density at radius 1 is 0.258 bits per heavy atom. The Kier molecular flexibility index (Phi) is 8.76. The van der Waals surface area contributed by atoms with E-state index in [1.807, 2.05) is 11.3 Å². The van der Waals surface area contributed by atoms with Crippen molar-refractivity contribution in [2.75, 3.05) is 4.90 Å². The van der Waals surface area contributed by atoms with Crippen LogP contribution in [0.2, 0.25) is 0 Å². The number of thiophene rings is 1. The van der Waals surface area contributed by atoms with Crippen LogP contribution in [0, 0.1) is 0 Å². The van der Waals surface area contributed by atoms with Crippen LogP contribution >= 0.6 is 11.3 Å². The van der Waals surface area contributed by atoms with Gasteiger partial charge in [0.05, 0.1) is 11.4 Å². The minimum atomic E-state index is 1.12. The molecule has 0 saturated carbocycles.